The van der Waals surface area contributed by atoms with Gasteiger partial charge in [-0.25, -0.2) is 0 Å². The largest absolute Gasteiger partial charge is 0.395 e. The summed E-state index contributed by atoms with van der Waals surface area (Å²) in [5.74, 6) is -0.176. The maximum absolute atomic E-state index is 11.8. The van der Waals surface area contributed by atoms with E-state index in [0.29, 0.717) is 0 Å². The van der Waals surface area contributed by atoms with Crippen molar-refractivity contribution >= 4 is 5.78 Å². The normalized spacial score (nSPS) is 16.8. The molecule has 0 heterocycles. The molecule has 0 aromatic rings. The molecule has 0 saturated heterocycles. The number of hydrogen-bond acceptors (Lipinski definition) is 4. The van der Waals surface area contributed by atoms with Crippen molar-refractivity contribution in [2.24, 2.45) is 10.8 Å². The standard InChI is InChI=1S/C16H28O4/c1-12(18)15(2,3)9-7-6-8-13(19)10-14(20)16(4,5)11-17/h6-9,12-13,17-19H,10-11H2,1-5H3/b8-6+,9-7+/t12-,13-/m0/s1. The van der Waals surface area contributed by atoms with Crippen LogP contribution in [0.3, 0.4) is 0 Å². The second-order valence-electron chi connectivity index (χ2n) is 6.48. The predicted octanol–water partition coefficient (Wildman–Crippen LogP) is 1.84. The number of hydrogen-bond donors (Lipinski definition) is 3. The maximum Gasteiger partial charge on any atom is 0.143 e. The minimum Gasteiger partial charge on any atom is -0.395 e. The molecule has 116 valence electrons. The van der Waals surface area contributed by atoms with Crippen molar-refractivity contribution in [1.82, 2.24) is 0 Å². The second kappa shape index (κ2) is 7.72. The Kier molecular flexibility index (Phi) is 7.34. The van der Waals surface area contributed by atoms with E-state index in [1.165, 1.54) is 6.08 Å². The van der Waals surface area contributed by atoms with Gasteiger partial charge in [-0.15, -0.1) is 0 Å². The average molecular weight is 284 g/mol. The molecule has 3 N–H and O–H groups in total. The summed E-state index contributed by atoms with van der Waals surface area (Å²) in [5, 5.41) is 28.4. The minimum absolute atomic E-state index is 0.0162. The highest BCUT2D eigenvalue weighted by Gasteiger charge is 2.27. The molecule has 0 amide bonds. The first kappa shape index (κ1) is 19.0. The SMILES string of the molecule is C[C@H](O)C(C)(C)/C=C/C=C/[C@H](O)CC(=O)C(C)(C)CO. The van der Waals surface area contributed by atoms with Crippen LogP contribution in [0.1, 0.15) is 41.0 Å². The first-order chi connectivity index (χ1) is 9.03. The third-order valence-corrected chi connectivity index (χ3v) is 3.59. The Morgan fingerprint density at radius 2 is 1.70 bits per heavy atom. The van der Waals surface area contributed by atoms with Gasteiger partial charge in [0.1, 0.15) is 5.78 Å². The van der Waals surface area contributed by atoms with Gasteiger partial charge in [-0.3, -0.25) is 4.79 Å². The van der Waals surface area contributed by atoms with Gasteiger partial charge in [-0.1, -0.05) is 52.0 Å². The molecule has 0 bridgehead atoms. The molecule has 0 aliphatic rings. The first-order valence-corrected chi connectivity index (χ1v) is 6.89. The third kappa shape index (κ3) is 6.46. The summed E-state index contributed by atoms with van der Waals surface area (Å²) in [6, 6.07) is 0. The van der Waals surface area contributed by atoms with Crippen LogP contribution in [0.2, 0.25) is 0 Å². The van der Waals surface area contributed by atoms with Crippen molar-refractivity contribution in [1.29, 1.82) is 0 Å². The Hall–Kier alpha value is -0.970. The van der Waals surface area contributed by atoms with Crippen molar-refractivity contribution in [3.05, 3.63) is 24.3 Å². The molecule has 0 fully saturated rings. The molecule has 0 saturated carbocycles. The number of carbonyl (C=O) groups excluding carboxylic acids is 1. The molecule has 0 spiro atoms. The molecular formula is C16H28O4. The highest BCUT2D eigenvalue weighted by Crippen LogP contribution is 2.22. The van der Waals surface area contributed by atoms with E-state index in [4.69, 9.17) is 5.11 Å². The van der Waals surface area contributed by atoms with Crippen LogP contribution in [0.4, 0.5) is 0 Å². The molecule has 0 aliphatic heterocycles. The summed E-state index contributed by atoms with van der Waals surface area (Å²) in [7, 11) is 0. The van der Waals surface area contributed by atoms with Crippen LogP contribution < -0.4 is 0 Å². The molecular weight excluding hydrogens is 256 g/mol. The first-order valence-electron chi connectivity index (χ1n) is 6.89. The van der Waals surface area contributed by atoms with Crippen molar-refractivity contribution in [3.8, 4) is 0 Å². The number of carbonyl (C=O) groups is 1. The van der Waals surface area contributed by atoms with Crippen LogP contribution in [-0.4, -0.2) is 39.9 Å². The molecule has 0 aliphatic carbocycles. The van der Waals surface area contributed by atoms with Gasteiger partial charge in [0.25, 0.3) is 0 Å². The average Bonchev–Trinajstić information content (AvgIpc) is 2.34. The lowest BCUT2D eigenvalue weighted by molar-refractivity contribution is -0.130. The van der Waals surface area contributed by atoms with Gasteiger partial charge in [0.05, 0.1) is 18.8 Å². The maximum atomic E-state index is 11.8. The summed E-state index contributed by atoms with van der Waals surface area (Å²) in [5.41, 5.74) is -1.16. The molecule has 4 heteroatoms. The molecule has 20 heavy (non-hydrogen) atoms. The van der Waals surface area contributed by atoms with E-state index in [9.17, 15) is 15.0 Å². The minimum atomic E-state index is -0.868. The molecule has 0 radical (unpaired) electrons. The Bertz CT molecular complexity index is 365. The number of ketones is 1. The van der Waals surface area contributed by atoms with Gasteiger partial charge in [0.2, 0.25) is 0 Å². The number of aliphatic hydroxyl groups is 3. The summed E-state index contributed by atoms with van der Waals surface area (Å²) < 4.78 is 0. The Morgan fingerprint density at radius 1 is 1.15 bits per heavy atom. The Balaban J connectivity index is 4.42. The summed E-state index contributed by atoms with van der Waals surface area (Å²) in [4.78, 5) is 11.8. The Labute approximate surface area is 121 Å². The predicted molar refractivity (Wildman–Crippen MR) is 80.2 cm³/mol. The quantitative estimate of drug-likeness (QED) is 0.594. The van der Waals surface area contributed by atoms with E-state index in [1.54, 1.807) is 32.9 Å². The van der Waals surface area contributed by atoms with Gasteiger partial charge < -0.3 is 15.3 Å². The third-order valence-electron chi connectivity index (χ3n) is 3.59. The van der Waals surface area contributed by atoms with Crippen molar-refractivity contribution < 1.29 is 20.1 Å². The number of aliphatic hydroxyl groups excluding tert-OH is 3. The van der Waals surface area contributed by atoms with E-state index in [-0.39, 0.29) is 24.2 Å². The van der Waals surface area contributed by atoms with E-state index >= 15 is 0 Å². The lowest BCUT2D eigenvalue weighted by Crippen LogP contribution is -2.30. The van der Waals surface area contributed by atoms with Crippen LogP contribution in [0.25, 0.3) is 0 Å². The lowest BCUT2D eigenvalue weighted by Gasteiger charge is -2.23. The molecule has 0 rings (SSSR count). The summed E-state index contributed by atoms with van der Waals surface area (Å²) in [6.07, 6.45) is 5.43. The lowest BCUT2D eigenvalue weighted by atomic mass is 9.86. The van der Waals surface area contributed by atoms with E-state index in [1.807, 2.05) is 19.9 Å². The summed E-state index contributed by atoms with van der Waals surface area (Å²) >= 11 is 0. The number of allylic oxidation sites excluding steroid dienone is 2. The van der Waals surface area contributed by atoms with Crippen LogP contribution in [-0.2, 0) is 4.79 Å². The Morgan fingerprint density at radius 3 is 2.15 bits per heavy atom. The topological polar surface area (TPSA) is 77.8 Å². The fourth-order valence-corrected chi connectivity index (χ4v) is 1.26. The van der Waals surface area contributed by atoms with Gasteiger partial charge in [0.15, 0.2) is 0 Å². The van der Waals surface area contributed by atoms with Crippen molar-refractivity contribution in [2.45, 2.75) is 53.2 Å². The van der Waals surface area contributed by atoms with E-state index in [0.717, 1.165) is 0 Å². The van der Waals surface area contributed by atoms with Crippen molar-refractivity contribution in [2.75, 3.05) is 6.61 Å². The van der Waals surface area contributed by atoms with E-state index < -0.39 is 17.6 Å². The van der Waals surface area contributed by atoms with E-state index in [2.05, 4.69) is 0 Å². The number of rotatable bonds is 8. The second-order valence-corrected chi connectivity index (χ2v) is 6.48. The van der Waals surface area contributed by atoms with Gasteiger partial charge >= 0.3 is 0 Å². The smallest absolute Gasteiger partial charge is 0.143 e. The summed E-state index contributed by atoms with van der Waals surface area (Å²) in [6.45, 7) is 8.61. The van der Waals surface area contributed by atoms with Crippen LogP contribution >= 0.6 is 0 Å². The molecule has 0 unspecified atom stereocenters. The molecule has 4 nitrogen and oxygen atoms in total. The molecule has 0 aromatic heterocycles. The zero-order chi connectivity index (χ0) is 16.0. The highest BCUT2D eigenvalue weighted by atomic mass is 16.3. The van der Waals surface area contributed by atoms with Crippen molar-refractivity contribution in [3.63, 3.8) is 0 Å². The van der Waals surface area contributed by atoms with Gasteiger partial charge in [0, 0.05) is 17.3 Å². The molecule has 0 aromatic carbocycles. The fraction of sp³-hybridized carbons (Fsp3) is 0.688. The fourth-order valence-electron chi connectivity index (χ4n) is 1.26. The highest BCUT2D eigenvalue weighted by molar-refractivity contribution is 5.84. The van der Waals surface area contributed by atoms with Crippen LogP contribution in [0.15, 0.2) is 24.3 Å². The van der Waals surface area contributed by atoms with Crippen LogP contribution in [0.5, 0.6) is 0 Å². The monoisotopic (exact) mass is 284 g/mol. The zero-order valence-corrected chi connectivity index (χ0v) is 13.1. The number of Topliss-reactive ketones (excluding diaryl/α,β-unsaturated/α-hetero) is 1. The van der Waals surface area contributed by atoms with Gasteiger partial charge in [-0.05, 0) is 6.92 Å². The molecule has 2 atom stereocenters. The van der Waals surface area contributed by atoms with Gasteiger partial charge in [-0.2, -0.15) is 0 Å². The van der Waals surface area contributed by atoms with Crippen LogP contribution in [0, 0.1) is 10.8 Å². The zero-order valence-electron chi connectivity index (χ0n) is 13.1.